The lowest BCUT2D eigenvalue weighted by molar-refractivity contribution is 0.179. The minimum absolute atomic E-state index is 0.623. The molecule has 0 amide bonds. The maximum atomic E-state index is 4.31. The van der Waals surface area contributed by atoms with E-state index in [-0.39, 0.29) is 0 Å². The first-order valence-electron chi connectivity index (χ1n) is 6.56. The molecule has 0 radical (unpaired) electrons. The van der Waals surface area contributed by atoms with Gasteiger partial charge in [-0.25, -0.2) is 4.98 Å². The number of piperidine rings is 1. The molecule has 2 atom stereocenters. The van der Waals surface area contributed by atoms with Crippen molar-refractivity contribution in [2.24, 2.45) is 5.92 Å². The summed E-state index contributed by atoms with van der Waals surface area (Å²) in [5.41, 5.74) is 0. The molecule has 3 nitrogen and oxygen atoms in total. The molecule has 0 spiro atoms. The van der Waals surface area contributed by atoms with E-state index in [1.165, 1.54) is 30.9 Å². The molecule has 1 aromatic heterocycles. The molecule has 2 rings (SSSR count). The fourth-order valence-corrected chi connectivity index (χ4v) is 3.18. The van der Waals surface area contributed by atoms with Crippen LogP contribution >= 0.6 is 11.3 Å². The molecule has 4 heteroatoms. The number of hydrogen-bond donors (Lipinski definition) is 1. The number of likely N-dealkylation sites (tertiary alicyclic amines) is 1. The summed E-state index contributed by atoms with van der Waals surface area (Å²) in [6.45, 7) is 5.88. The van der Waals surface area contributed by atoms with Crippen LogP contribution in [0.4, 0.5) is 0 Å². The molecule has 17 heavy (non-hydrogen) atoms. The second-order valence-corrected chi connectivity index (χ2v) is 6.06. The third-order valence-electron chi connectivity index (χ3n) is 3.66. The van der Waals surface area contributed by atoms with Crippen LogP contribution in [0.3, 0.4) is 0 Å². The summed E-state index contributed by atoms with van der Waals surface area (Å²) in [5, 5.41) is 6.94. The molecule has 1 N–H and O–H groups in total. The number of nitrogens with one attached hydrogen (secondary N) is 1. The van der Waals surface area contributed by atoms with Gasteiger partial charge in [0.15, 0.2) is 0 Å². The average Bonchev–Trinajstić information content (AvgIpc) is 2.82. The SMILES string of the molecule is CC(NCCc1nccs1)C1CCCN(C)C1. The molecule has 1 fully saturated rings. The van der Waals surface area contributed by atoms with Crippen molar-refractivity contribution in [2.45, 2.75) is 32.2 Å². The van der Waals surface area contributed by atoms with Crippen molar-refractivity contribution in [1.29, 1.82) is 0 Å². The Bertz CT molecular complexity index is 312. The minimum atomic E-state index is 0.623. The lowest BCUT2D eigenvalue weighted by atomic mass is 9.92. The van der Waals surface area contributed by atoms with E-state index in [9.17, 15) is 0 Å². The summed E-state index contributed by atoms with van der Waals surface area (Å²) in [4.78, 5) is 6.76. The van der Waals surface area contributed by atoms with Gasteiger partial charge in [-0.3, -0.25) is 0 Å². The first-order chi connectivity index (χ1) is 8.25. The topological polar surface area (TPSA) is 28.2 Å². The van der Waals surface area contributed by atoms with E-state index in [1.54, 1.807) is 11.3 Å². The molecule has 96 valence electrons. The molecule has 1 aliphatic heterocycles. The predicted octanol–water partition coefficient (Wildman–Crippen LogP) is 2.01. The maximum absolute atomic E-state index is 4.31. The second-order valence-electron chi connectivity index (χ2n) is 5.08. The fraction of sp³-hybridized carbons (Fsp3) is 0.769. The molecule has 0 aliphatic carbocycles. The number of aromatic nitrogens is 1. The highest BCUT2D eigenvalue weighted by molar-refractivity contribution is 7.09. The van der Waals surface area contributed by atoms with Crippen LogP contribution in [0.2, 0.25) is 0 Å². The molecule has 2 unspecified atom stereocenters. The zero-order chi connectivity index (χ0) is 12.1. The molecular formula is C13H23N3S. The lowest BCUT2D eigenvalue weighted by Gasteiger charge is -2.34. The quantitative estimate of drug-likeness (QED) is 0.870. The molecule has 0 saturated carbocycles. The molecule has 2 heterocycles. The highest BCUT2D eigenvalue weighted by atomic mass is 32.1. The van der Waals surface area contributed by atoms with Crippen molar-refractivity contribution >= 4 is 11.3 Å². The highest BCUT2D eigenvalue weighted by Crippen LogP contribution is 2.18. The third kappa shape index (κ3) is 4.05. The largest absolute Gasteiger partial charge is 0.314 e. The van der Waals surface area contributed by atoms with Crippen LogP contribution in [0, 0.1) is 5.92 Å². The number of hydrogen-bond acceptors (Lipinski definition) is 4. The van der Waals surface area contributed by atoms with E-state index in [0.29, 0.717) is 6.04 Å². The van der Waals surface area contributed by atoms with E-state index in [1.807, 2.05) is 6.20 Å². The van der Waals surface area contributed by atoms with Gasteiger partial charge in [-0.05, 0) is 39.3 Å². The van der Waals surface area contributed by atoms with Gasteiger partial charge in [-0.2, -0.15) is 0 Å². The van der Waals surface area contributed by atoms with E-state index >= 15 is 0 Å². The van der Waals surface area contributed by atoms with Crippen molar-refractivity contribution in [3.63, 3.8) is 0 Å². The molecule has 0 bridgehead atoms. The van der Waals surface area contributed by atoms with Gasteiger partial charge >= 0.3 is 0 Å². The first-order valence-corrected chi connectivity index (χ1v) is 7.44. The maximum Gasteiger partial charge on any atom is 0.0937 e. The highest BCUT2D eigenvalue weighted by Gasteiger charge is 2.22. The third-order valence-corrected chi connectivity index (χ3v) is 4.50. The summed E-state index contributed by atoms with van der Waals surface area (Å²) in [7, 11) is 2.23. The fourth-order valence-electron chi connectivity index (χ4n) is 2.56. The van der Waals surface area contributed by atoms with Gasteiger partial charge in [0.2, 0.25) is 0 Å². The van der Waals surface area contributed by atoms with Gasteiger partial charge in [0.05, 0.1) is 5.01 Å². The van der Waals surface area contributed by atoms with Crippen LogP contribution in [-0.4, -0.2) is 42.6 Å². The smallest absolute Gasteiger partial charge is 0.0937 e. The van der Waals surface area contributed by atoms with Crippen LogP contribution in [0.5, 0.6) is 0 Å². The van der Waals surface area contributed by atoms with E-state index < -0.39 is 0 Å². The minimum Gasteiger partial charge on any atom is -0.314 e. The van der Waals surface area contributed by atoms with Gasteiger partial charge in [0.25, 0.3) is 0 Å². The monoisotopic (exact) mass is 253 g/mol. The molecule has 1 aliphatic rings. The van der Waals surface area contributed by atoms with Crippen molar-refractivity contribution in [3.8, 4) is 0 Å². The number of thiazole rings is 1. The van der Waals surface area contributed by atoms with Crippen molar-refractivity contribution in [1.82, 2.24) is 15.2 Å². The van der Waals surface area contributed by atoms with Gasteiger partial charge in [-0.15, -0.1) is 11.3 Å². The molecule has 1 aromatic rings. The van der Waals surface area contributed by atoms with Gasteiger partial charge < -0.3 is 10.2 Å². The van der Waals surface area contributed by atoms with Crippen LogP contribution < -0.4 is 5.32 Å². The van der Waals surface area contributed by atoms with E-state index in [0.717, 1.165) is 18.9 Å². The van der Waals surface area contributed by atoms with Crippen LogP contribution in [-0.2, 0) is 6.42 Å². The van der Waals surface area contributed by atoms with Crippen molar-refractivity contribution < 1.29 is 0 Å². The molecular weight excluding hydrogens is 230 g/mol. The first kappa shape index (κ1) is 13.0. The Morgan fingerprint density at radius 2 is 2.53 bits per heavy atom. The normalized spacial score (nSPS) is 23.8. The van der Waals surface area contributed by atoms with E-state index in [4.69, 9.17) is 0 Å². The summed E-state index contributed by atoms with van der Waals surface area (Å²) in [6.07, 6.45) is 5.67. The Kier molecular flexibility index (Phi) is 4.95. The summed E-state index contributed by atoms with van der Waals surface area (Å²) in [6, 6.07) is 0.623. The lowest BCUT2D eigenvalue weighted by Crippen LogP contribution is -2.43. The van der Waals surface area contributed by atoms with Gasteiger partial charge in [0.1, 0.15) is 0 Å². The number of rotatable bonds is 5. The molecule has 0 aromatic carbocycles. The van der Waals surface area contributed by atoms with E-state index in [2.05, 4.69) is 34.6 Å². The summed E-state index contributed by atoms with van der Waals surface area (Å²) < 4.78 is 0. The second kappa shape index (κ2) is 6.47. The Hall–Kier alpha value is -0.450. The van der Waals surface area contributed by atoms with Crippen LogP contribution in [0.25, 0.3) is 0 Å². The van der Waals surface area contributed by atoms with Crippen LogP contribution in [0.15, 0.2) is 11.6 Å². The molecule has 1 saturated heterocycles. The zero-order valence-corrected chi connectivity index (χ0v) is 11.7. The Morgan fingerprint density at radius 3 is 3.24 bits per heavy atom. The summed E-state index contributed by atoms with van der Waals surface area (Å²) >= 11 is 1.75. The summed E-state index contributed by atoms with van der Waals surface area (Å²) in [5.74, 6) is 0.810. The Morgan fingerprint density at radius 1 is 1.65 bits per heavy atom. The van der Waals surface area contributed by atoms with Crippen LogP contribution in [0.1, 0.15) is 24.8 Å². The zero-order valence-electron chi connectivity index (χ0n) is 10.9. The Balaban J connectivity index is 1.68. The van der Waals surface area contributed by atoms with Crippen molar-refractivity contribution in [3.05, 3.63) is 16.6 Å². The Labute approximate surface area is 108 Å². The van der Waals surface area contributed by atoms with Gasteiger partial charge in [-0.1, -0.05) is 0 Å². The average molecular weight is 253 g/mol. The predicted molar refractivity (Wildman–Crippen MR) is 73.5 cm³/mol. The van der Waals surface area contributed by atoms with Crippen molar-refractivity contribution in [2.75, 3.05) is 26.7 Å². The number of nitrogens with zero attached hydrogens (tertiary/aromatic N) is 2. The van der Waals surface area contributed by atoms with Gasteiger partial charge in [0, 0.05) is 37.1 Å². The standard InChI is InChI=1S/C13H23N3S/c1-11(12-4-3-8-16(2)10-12)14-6-5-13-15-7-9-17-13/h7,9,11-12,14H,3-6,8,10H2,1-2H3.